The fourth-order valence-corrected chi connectivity index (χ4v) is 2.75. The van der Waals surface area contributed by atoms with E-state index in [0.29, 0.717) is 0 Å². The third-order valence-electron chi connectivity index (χ3n) is 4.19. The van der Waals surface area contributed by atoms with Gasteiger partial charge in [-0.15, -0.1) is 6.58 Å². The molecule has 0 aliphatic carbocycles. The predicted molar refractivity (Wildman–Crippen MR) is 103 cm³/mol. The summed E-state index contributed by atoms with van der Waals surface area (Å²) < 4.78 is 0. The van der Waals surface area contributed by atoms with Gasteiger partial charge < -0.3 is 11.1 Å². The highest BCUT2D eigenvalue weighted by molar-refractivity contribution is 5.68. The number of nitrogens with one attached hydrogen (secondary N) is 2. The molecule has 2 rings (SSSR count). The minimum absolute atomic E-state index is 0.162. The zero-order valence-corrected chi connectivity index (χ0v) is 14.1. The van der Waals surface area contributed by atoms with Crippen LogP contribution in [0, 0.1) is 0 Å². The van der Waals surface area contributed by atoms with Gasteiger partial charge in [0, 0.05) is 12.6 Å². The lowest BCUT2D eigenvalue weighted by Crippen LogP contribution is -2.41. The van der Waals surface area contributed by atoms with Gasteiger partial charge in [0.1, 0.15) is 0 Å². The van der Waals surface area contributed by atoms with Gasteiger partial charge in [0.05, 0.1) is 6.04 Å². The van der Waals surface area contributed by atoms with Gasteiger partial charge in [-0.25, -0.2) is 0 Å². The van der Waals surface area contributed by atoms with E-state index < -0.39 is 0 Å². The molecule has 0 saturated heterocycles. The molecular formula is C20H26N4. The number of hydrazine groups is 1. The maximum absolute atomic E-state index is 6.22. The molecule has 4 nitrogen and oxygen atoms in total. The Hall–Kier alpha value is -2.24. The van der Waals surface area contributed by atoms with Crippen LogP contribution in [0.3, 0.4) is 0 Å². The Morgan fingerprint density at radius 2 is 1.75 bits per heavy atom. The van der Waals surface area contributed by atoms with E-state index in [4.69, 9.17) is 11.6 Å². The highest BCUT2D eigenvalue weighted by atomic mass is 15.2. The first-order chi connectivity index (χ1) is 11.6. The van der Waals surface area contributed by atoms with Crippen LogP contribution in [-0.4, -0.2) is 13.1 Å². The summed E-state index contributed by atoms with van der Waals surface area (Å²) in [5.41, 5.74) is 14.6. The molecule has 0 radical (unpaired) electrons. The second kappa shape index (κ2) is 8.57. The Labute approximate surface area is 144 Å². The second-order valence-electron chi connectivity index (χ2n) is 5.72. The monoisotopic (exact) mass is 322 g/mol. The average Bonchev–Trinajstić information content (AvgIpc) is 2.63. The van der Waals surface area contributed by atoms with Gasteiger partial charge in [0.25, 0.3) is 0 Å². The molecule has 2 aromatic rings. The molecule has 24 heavy (non-hydrogen) atoms. The molecule has 6 N–H and O–H groups in total. The number of rotatable bonds is 8. The SMILES string of the molecule is C=Cc1ccc(-c2ccc(C(N)C(C=C)NN)cc2)cc1CNC. The van der Waals surface area contributed by atoms with Crippen molar-refractivity contribution in [1.82, 2.24) is 10.7 Å². The summed E-state index contributed by atoms with van der Waals surface area (Å²) in [7, 11) is 1.94. The van der Waals surface area contributed by atoms with Gasteiger partial charge in [-0.05, 0) is 40.9 Å². The maximum Gasteiger partial charge on any atom is 0.0581 e. The minimum Gasteiger partial charge on any atom is -0.322 e. The van der Waals surface area contributed by atoms with Gasteiger partial charge >= 0.3 is 0 Å². The lowest BCUT2D eigenvalue weighted by atomic mass is 9.95. The first kappa shape index (κ1) is 18.1. The van der Waals surface area contributed by atoms with Crippen molar-refractivity contribution in [2.45, 2.75) is 18.6 Å². The van der Waals surface area contributed by atoms with E-state index >= 15 is 0 Å². The smallest absolute Gasteiger partial charge is 0.0581 e. The highest BCUT2D eigenvalue weighted by Gasteiger charge is 2.15. The van der Waals surface area contributed by atoms with Crippen molar-refractivity contribution >= 4 is 6.08 Å². The summed E-state index contributed by atoms with van der Waals surface area (Å²) in [4.78, 5) is 0. The van der Waals surface area contributed by atoms with E-state index in [0.717, 1.165) is 23.2 Å². The second-order valence-corrected chi connectivity index (χ2v) is 5.72. The number of nitrogens with two attached hydrogens (primary N) is 2. The Bertz CT molecular complexity index is 691. The third-order valence-corrected chi connectivity index (χ3v) is 4.19. The molecule has 0 amide bonds. The molecule has 0 saturated carbocycles. The molecule has 0 spiro atoms. The van der Waals surface area contributed by atoms with Crippen molar-refractivity contribution in [2.75, 3.05) is 7.05 Å². The minimum atomic E-state index is -0.232. The fourth-order valence-electron chi connectivity index (χ4n) is 2.75. The van der Waals surface area contributed by atoms with Gasteiger partial charge in [-0.3, -0.25) is 11.3 Å². The van der Waals surface area contributed by atoms with Crippen LogP contribution in [0.2, 0.25) is 0 Å². The first-order valence-corrected chi connectivity index (χ1v) is 7.99. The van der Waals surface area contributed by atoms with Gasteiger partial charge in [-0.1, -0.05) is 55.1 Å². The molecule has 0 aromatic heterocycles. The van der Waals surface area contributed by atoms with Crippen LogP contribution < -0.4 is 22.3 Å². The summed E-state index contributed by atoms with van der Waals surface area (Å²) in [6, 6.07) is 14.2. The van der Waals surface area contributed by atoms with Crippen LogP contribution in [0.25, 0.3) is 17.2 Å². The van der Waals surface area contributed by atoms with Crippen molar-refractivity contribution in [3.63, 3.8) is 0 Å². The van der Waals surface area contributed by atoms with Crippen LogP contribution in [-0.2, 0) is 6.54 Å². The number of benzene rings is 2. The van der Waals surface area contributed by atoms with Gasteiger partial charge in [0.15, 0.2) is 0 Å². The molecule has 2 aromatic carbocycles. The van der Waals surface area contributed by atoms with E-state index in [1.54, 1.807) is 6.08 Å². The van der Waals surface area contributed by atoms with Crippen LogP contribution >= 0.6 is 0 Å². The zero-order chi connectivity index (χ0) is 17.5. The number of hydrogen-bond donors (Lipinski definition) is 4. The Balaban J connectivity index is 2.29. The topological polar surface area (TPSA) is 76.1 Å². The molecule has 2 unspecified atom stereocenters. The van der Waals surface area contributed by atoms with Crippen molar-refractivity contribution in [3.8, 4) is 11.1 Å². The maximum atomic E-state index is 6.22. The summed E-state index contributed by atoms with van der Waals surface area (Å²) in [5.74, 6) is 5.50. The summed E-state index contributed by atoms with van der Waals surface area (Å²) in [5, 5.41) is 3.19. The normalized spacial score (nSPS) is 13.3. The van der Waals surface area contributed by atoms with Crippen molar-refractivity contribution in [1.29, 1.82) is 0 Å². The fraction of sp³-hybridized carbons (Fsp3) is 0.200. The first-order valence-electron chi connectivity index (χ1n) is 7.99. The Morgan fingerprint density at radius 1 is 1.08 bits per heavy atom. The molecule has 0 bridgehead atoms. The van der Waals surface area contributed by atoms with Crippen LogP contribution in [0.1, 0.15) is 22.7 Å². The quantitative estimate of drug-likeness (QED) is 0.342. The van der Waals surface area contributed by atoms with E-state index in [1.807, 2.05) is 25.3 Å². The molecule has 126 valence electrons. The standard InChI is InChI=1S/C20H26N4/c1-4-14-6-11-17(12-18(14)13-23-3)15-7-9-16(10-8-15)20(21)19(5-2)24-22/h4-12,19-20,23-24H,1-2,13,21-22H2,3H3. The highest BCUT2D eigenvalue weighted by Crippen LogP contribution is 2.25. The van der Waals surface area contributed by atoms with Crippen molar-refractivity contribution in [3.05, 3.63) is 78.4 Å². The molecule has 0 heterocycles. The molecule has 0 fully saturated rings. The molecule has 2 atom stereocenters. The Morgan fingerprint density at radius 3 is 2.29 bits per heavy atom. The van der Waals surface area contributed by atoms with Crippen LogP contribution in [0.15, 0.2) is 61.7 Å². The van der Waals surface area contributed by atoms with E-state index in [9.17, 15) is 0 Å². The lowest BCUT2D eigenvalue weighted by molar-refractivity contribution is 0.523. The Kier molecular flexibility index (Phi) is 6.46. The van der Waals surface area contributed by atoms with Gasteiger partial charge in [0.2, 0.25) is 0 Å². The molecule has 4 heteroatoms. The van der Waals surface area contributed by atoms with E-state index in [1.165, 1.54) is 11.1 Å². The van der Waals surface area contributed by atoms with Crippen LogP contribution in [0.5, 0.6) is 0 Å². The van der Waals surface area contributed by atoms with Gasteiger partial charge in [-0.2, -0.15) is 0 Å². The van der Waals surface area contributed by atoms with Crippen LogP contribution in [0.4, 0.5) is 0 Å². The third kappa shape index (κ3) is 3.99. The molecular weight excluding hydrogens is 296 g/mol. The molecule has 0 aliphatic heterocycles. The van der Waals surface area contributed by atoms with E-state index in [-0.39, 0.29) is 12.1 Å². The summed E-state index contributed by atoms with van der Waals surface area (Å²) in [6.45, 7) is 8.43. The van der Waals surface area contributed by atoms with E-state index in [2.05, 4.69) is 54.2 Å². The summed E-state index contributed by atoms with van der Waals surface area (Å²) in [6.07, 6.45) is 3.60. The number of hydrogen-bond acceptors (Lipinski definition) is 4. The average molecular weight is 322 g/mol. The predicted octanol–water partition coefficient (Wildman–Crippen LogP) is 2.73. The molecule has 0 aliphatic rings. The zero-order valence-electron chi connectivity index (χ0n) is 14.1. The summed E-state index contributed by atoms with van der Waals surface area (Å²) >= 11 is 0. The van der Waals surface area contributed by atoms with Crippen molar-refractivity contribution < 1.29 is 0 Å². The largest absolute Gasteiger partial charge is 0.322 e. The lowest BCUT2D eigenvalue weighted by Gasteiger charge is -2.20. The van der Waals surface area contributed by atoms with Crippen molar-refractivity contribution in [2.24, 2.45) is 11.6 Å².